The highest BCUT2D eigenvalue weighted by atomic mass is 16.6. The fourth-order valence-electron chi connectivity index (χ4n) is 2.61. The maximum Gasteiger partial charge on any atom is 0.329 e. The van der Waals surface area contributed by atoms with Crippen LogP contribution in [0.3, 0.4) is 0 Å². The van der Waals surface area contributed by atoms with Crippen LogP contribution in [-0.2, 0) is 4.79 Å². The number of nitro groups is 1. The van der Waals surface area contributed by atoms with Crippen LogP contribution in [-0.4, -0.2) is 32.0 Å². The van der Waals surface area contributed by atoms with Crippen molar-refractivity contribution >= 4 is 17.6 Å². The first kappa shape index (κ1) is 13.6. The SMILES string of the molecule is O=C(NC1(C(=O)O)CCC1)c1cc([N+](=O)[O-])cn1C1CC1. The summed E-state index contributed by atoms with van der Waals surface area (Å²) < 4.78 is 1.59. The molecule has 0 unspecified atom stereocenters. The lowest BCUT2D eigenvalue weighted by atomic mass is 9.76. The summed E-state index contributed by atoms with van der Waals surface area (Å²) >= 11 is 0. The number of hydrogen-bond donors (Lipinski definition) is 2. The third-order valence-electron chi connectivity index (χ3n) is 4.19. The summed E-state index contributed by atoms with van der Waals surface area (Å²) in [4.78, 5) is 33.9. The number of carboxylic acids is 1. The highest BCUT2D eigenvalue weighted by Gasteiger charge is 2.46. The number of aliphatic carboxylic acids is 1. The standard InChI is InChI=1S/C13H15N3O5/c17-11(14-13(12(18)19)4-1-5-13)10-6-9(16(20)21)7-15(10)8-2-3-8/h6-8H,1-5H2,(H,14,17)(H,18,19). The minimum atomic E-state index is -1.22. The maximum atomic E-state index is 12.3. The van der Waals surface area contributed by atoms with Gasteiger partial charge in [-0.3, -0.25) is 14.9 Å². The summed E-state index contributed by atoms with van der Waals surface area (Å²) in [6.45, 7) is 0. The van der Waals surface area contributed by atoms with Crippen molar-refractivity contribution in [1.82, 2.24) is 9.88 Å². The molecule has 8 nitrogen and oxygen atoms in total. The van der Waals surface area contributed by atoms with Crippen LogP contribution < -0.4 is 5.32 Å². The lowest BCUT2D eigenvalue weighted by Crippen LogP contribution is -2.59. The zero-order valence-corrected chi connectivity index (χ0v) is 11.2. The molecule has 2 fully saturated rings. The Labute approximate surface area is 119 Å². The fourth-order valence-corrected chi connectivity index (χ4v) is 2.61. The monoisotopic (exact) mass is 293 g/mol. The van der Waals surface area contributed by atoms with E-state index < -0.39 is 22.3 Å². The highest BCUT2D eigenvalue weighted by Crippen LogP contribution is 2.38. The van der Waals surface area contributed by atoms with Gasteiger partial charge in [-0.1, -0.05) is 0 Å². The first-order valence-electron chi connectivity index (χ1n) is 6.85. The summed E-state index contributed by atoms with van der Waals surface area (Å²) in [5.74, 6) is -1.61. The van der Waals surface area contributed by atoms with Crippen molar-refractivity contribution in [3.63, 3.8) is 0 Å². The molecule has 0 aromatic carbocycles. The van der Waals surface area contributed by atoms with Crippen LogP contribution in [0.5, 0.6) is 0 Å². The lowest BCUT2D eigenvalue weighted by Gasteiger charge is -2.38. The number of rotatable bonds is 5. The van der Waals surface area contributed by atoms with Gasteiger partial charge in [-0.2, -0.15) is 0 Å². The smallest absolute Gasteiger partial charge is 0.329 e. The van der Waals surface area contributed by atoms with Gasteiger partial charge >= 0.3 is 5.97 Å². The van der Waals surface area contributed by atoms with Gasteiger partial charge in [-0.25, -0.2) is 4.79 Å². The summed E-state index contributed by atoms with van der Waals surface area (Å²) in [5, 5.41) is 22.6. The Morgan fingerprint density at radius 2 is 2.10 bits per heavy atom. The molecule has 0 spiro atoms. The van der Waals surface area contributed by atoms with E-state index in [9.17, 15) is 24.8 Å². The van der Waals surface area contributed by atoms with Crippen LogP contribution in [0.15, 0.2) is 12.3 Å². The second kappa shape index (κ2) is 4.57. The quantitative estimate of drug-likeness (QED) is 0.630. The number of nitrogens with one attached hydrogen (secondary N) is 1. The minimum Gasteiger partial charge on any atom is -0.480 e. The van der Waals surface area contributed by atoms with Gasteiger partial charge in [0.05, 0.1) is 11.1 Å². The van der Waals surface area contributed by atoms with Gasteiger partial charge in [0.2, 0.25) is 0 Å². The van der Waals surface area contributed by atoms with Crippen molar-refractivity contribution in [3.05, 3.63) is 28.1 Å². The van der Waals surface area contributed by atoms with E-state index >= 15 is 0 Å². The van der Waals surface area contributed by atoms with Crippen LogP contribution >= 0.6 is 0 Å². The van der Waals surface area contributed by atoms with Crippen LogP contribution in [0.2, 0.25) is 0 Å². The Morgan fingerprint density at radius 1 is 1.43 bits per heavy atom. The predicted molar refractivity (Wildman–Crippen MR) is 71.0 cm³/mol. The number of hydrogen-bond acceptors (Lipinski definition) is 4. The molecular weight excluding hydrogens is 278 g/mol. The molecule has 112 valence electrons. The number of amides is 1. The van der Waals surface area contributed by atoms with E-state index in [-0.39, 0.29) is 17.4 Å². The number of carbonyl (C=O) groups excluding carboxylic acids is 1. The summed E-state index contributed by atoms with van der Waals surface area (Å²) in [7, 11) is 0. The number of nitrogens with zero attached hydrogens (tertiary/aromatic N) is 2. The molecule has 0 bridgehead atoms. The summed E-state index contributed by atoms with van der Waals surface area (Å²) in [5.41, 5.74) is -1.20. The Hall–Kier alpha value is -2.38. The number of carboxylic acid groups (broad SMARTS) is 1. The van der Waals surface area contributed by atoms with Gasteiger partial charge in [0.25, 0.3) is 11.6 Å². The van der Waals surface area contributed by atoms with Crippen LogP contribution in [0, 0.1) is 10.1 Å². The Balaban J connectivity index is 1.87. The molecule has 21 heavy (non-hydrogen) atoms. The van der Waals surface area contributed by atoms with Crippen molar-refractivity contribution in [2.75, 3.05) is 0 Å². The average molecular weight is 293 g/mol. The second-order valence-electron chi connectivity index (χ2n) is 5.67. The molecule has 2 aliphatic rings. The topological polar surface area (TPSA) is 114 Å². The Kier molecular flexibility index (Phi) is 2.96. The molecule has 2 saturated carbocycles. The van der Waals surface area contributed by atoms with E-state index in [2.05, 4.69) is 5.32 Å². The predicted octanol–water partition coefficient (Wildman–Crippen LogP) is 1.47. The summed E-state index contributed by atoms with van der Waals surface area (Å²) in [6, 6.07) is 1.31. The van der Waals surface area contributed by atoms with Crippen molar-refractivity contribution in [2.45, 2.75) is 43.7 Å². The van der Waals surface area contributed by atoms with E-state index in [1.807, 2.05) is 0 Å². The molecule has 2 N–H and O–H groups in total. The average Bonchev–Trinajstić information content (AvgIpc) is 3.11. The molecule has 1 heterocycles. The van der Waals surface area contributed by atoms with Gasteiger partial charge in [-0.15, -0.1) is 0 Å². The van der Waals surface area contributed by atoms with Gasteiger partial charge in [-0.05, 0) is 32.1 Å². The first-order chi connectivity index (χ1) is 9.93. The number of aromatic nitrogens is 1. The molecule has 0 radical (unpaired) electrons. The molecule has 8 heteroatoms. The molecule has 2 aliphatic carbocycles. The Bertz CT molecular complexity index is 628. The fraction of sp³-hybridized carbons (Fsp3) is 0.538. The van der Waals surface area contributed by atoms with Gasteiger partial charge < -0.3 is 15.0 Å². The minimum absolute atomic E-state index is 0.0987. The van der Waals surface area contributed by atoms with Gasteiger partial charge in [0, 0.05) is 12.1 Å². The highest BCUT2D eigenvalue weighted by molar-refractivity contribution is 5.97. The van der Waals surface area contributed by atoms with E-state index in [0.29, 0.717) is 12.8 Å². The molecule has 3 rings (SSSR count). The third kappa shape index (κ3) is 2.26. The third-order valence-corrected chi connectivity index (χ3v) is 4.19. The van der Waals surface area contributed by atoms with Crippen molar-refractivity contribution in [2.24, 2.45) is 0 Å². The molecular formula is C13H15N3O5. The van der Waals surface area contributed by atoms with E-state index in [1.165, 1.54) is 12.3 Å². The lowest BCUT2D eigenvalue weighted by molar-refractivity contribution is -0.384. The van der Waals surface area contributed by atoms with Crippen LogP contribution in [0.4, 0.5) is 5.69 Å². The van der Waals surface area contributed by atoms with Gasteiger partial charge in [0.1, 0.15) is 11.2 Å². The van der Waals surface area contributed by atoms with E-state index in [4.69, 9.17) is 0 Å². The first-order valence-corrected chi connectivity index (χ1v) is 6.85. The zero-order valence-electron chi connectivity index (χ0n) is 11.2. The largest absolute Gasteiger partial charge is 0.480 e. The van der Waals surface area contributed by atoms with Crippen molar-refractivity contribution in [3.8, 4) is 0 Å². The molecule has 1 aromatic heterocycles. The van der Waals surface area contributed by atoms with Crippen LogP contribution in [0.25, 0.3) is 0 Å². The van der Waals surface area contributed by atoms with E-state index in [0.717, 1.165) is 19.3 Å². The normalized spacial score (nSPS) is 19.6. The van der Waals surface area contributed by atoms with E-state index in [1.54, 1.807) is 4.57 Å². The molecule has 1 aromatic rings. The van der Waals surface area contributed by atoms with Crippen molar-refractivity contribution < 1.29 is 19.6 Å². The molecule has 0 atom stereocenters. The molecule has 0 saturated heterocycles. The summed E-state index contributed by atoms with van der Waals surface area (Å²) in [6.07, 6.45) is 4.62. The maximum absolute atomic E-state index is 12.3. The van der Waals surface area contributed by atoms with Crippen molar-refractivity contribution in [1.29, 1.82) is 0 Å². The second-order valence-corrected chi connectivity index (χ2v) is 5.67. The van der Waals surface area contributed by atoms with Crippen LogP contribution in [0.1, 0.15) is 48.6 Å². The molecule has 1 amide bonds. The molecule has 0 aliphatic heterocycles. The Morgan fingerprint density at radius 3 is 2.52 bits per heavy atom. The zero-order chi connectivity index (χ0) is 15.2. The number of carbonyl (C=O) groups is 2. The van der Waals surface area contributed by atoms with Gasteiger partial charge in [0.15, 0.2) is 0 Å².